The van der Waals surface area contributed by atoms with Gasteiger partial charge in [0.25, 0.3) is 5.69 Å². The second-order valence-corrected chi connectivity index (χ2v) is 9.00. The summed E-state index contributed by atoms with van der Waals surface area (Å²) in [6, 6.07) is 6.27. The number of carbonyl (C=O) groups excluding carboxylic acids is 1. The van der Waals surface area contributed by atoms with Crippen LogP contribution in [0.3, 0.4) is 0 Å². The highest BCUT2D eigenvalue weighted by Gasteiger charge is 2.20. The van der Waals surface area contributed by atoms with E-state index in [9.17, 15) is 14.9 Å². The van der Waals surface area contributed by atoms with E-state index in [0.717, 1.165) is 42.1 Å². The zero-order valence-electron chi connectivity index (χ0n) is 16.8. The Morgan fingerprint density at radius 1 is 1.32 bits per heavy atom. The number of carbonyl (C=O) groups is 1. The number of anilines is 3. The van der Waals surface area contributed by atoms with Crippen LogP contribution in [0.1, 0.15) is 31.4 Å². The fourth-order valence-electron chi connectivity index (χ4n) is 3.29. The molecule has 0 radical (unpaired) electrons. The van der Waals surface area contributed by atoms with Crippen molar-refractivity contribution in [2.45, 2.75) is 38.7 Å². The highest BCUT2D eigenvalue weighted by molar-refractivity contribution is 7.20. The lowest BCUT2D eigenvalue weighted by molar-refractivity contribution is -0.384. The van der Waals surface area contributed by atoms with Gasteiger partial charge in [-0.3, -0.25) is 14.9 Å². The molecule has 0 aliphatic carbocycles. The number of non-ortho nitro benzene ring substituents is 1. The Balaban J connectivity index is 1.42. The van der Waals surface area contributed by atoms with Gasteiger partial charge in [-0.15, -0.1) is 11.3 Å². The minimum absolute atomic E-state index is 0.0130. The molecule has 1 fully saturated rings. The number of ether oxygens (including phenoxy) is 1. The summed E-state index contributed by atoms with van der Waals surface area (Å²) in [7, 11) is 0. The molecule has 31 heavy (non-hydrogen) atoms. The number of aromatic nitrogens is 2. The van der Waals surface area contributed by atoms with E-state index >= 15 is 0 Å². The zero-order chi connectivity index (χ0) is 21.8. The lowest BCUT2D eigenvalue weighted by Gasteiger charge is -2.21. The summed E-state index contributed by atoms with van der Waals surface area (Å²) in [5, 5.41) is 20.0. The molecule has 9 nitrogen and oxygen atoms in total. The van der Waals surface area contributed by atoms with Crippen LogP contribution in [-0.2, 0) is 9.53 Å². The molecule has 0 unspecified atom stereocenters. The lowest BCUT2D eigenvalue weighted by Crippen LogP contribution is -2.25. The third kappa shape index (κ3) is 5.43. The predicted molar refractivity (Wildman–Crippen MR) is 121 cm³/mol. The molecule has 1 aliphatic heterocycles. The highest BCUT2D eigenvalue weighted by atomic mass is 32.1. The van der Waals surface area contributed by atoms with Crippen molar-refractivity contribution in [2.24, 2.45) is 0 Å². The van der Waals surface area contributed by atoms with Crippen molar-refractivity contribution in [2.75, 3.05) is 17.2 Å². The summed E-state index contributed by atoms with van der Waals surface area (Å²) in [6.45, 7) is 2.59. The molecule has 2 aromatic heterocycles. The Kier molecular flexibility index (Phi) is 6.54. The first-order valence-electron chi connectivity index (χ1n) is 9.84. The normalized spacial score (nSPS) is 16.1. The second kappa shape index (κ2) is 9.50. The maximum absolute atomic E-state index is 12.3. The fraction of sp³-hybridized carbons (Fsp3) is 0.350. The summed E-state index contributed by atoms with van der Waals surface area (Å²) in [6.07, 6.45) is 3.38. The molecule has 0 saturated carbocycles. The fourth-order valence-corrected chi connectivity index (χ4v) is 5.03. The Morgan fingerprint density at radius 3 is 2.97 bits per heavy atom. The standard InChI is InChI=1S/C20H21N5O4S2/c1-12-18(31-20(21-12)24-17(26)10-15-7-2-3-8-29-15)16-11-30-19(23-16)22-13-5-4-6-14(9-13)25(27)28/h4-6,9,11,15H,2-3,7-8,10H2,1H3,(H,22,23)(H,21,24,26)/t15-/m0/s1. The van der Waals surface area contributed by atoms with Gasteiger partial charge in [0.15, 0.2) is 10.3 Å². The lowest BCUT2D eigenvalue weighted by atomic mass is 10.1. The molecule has 162 valence electrons. The number of nitrogens with one attached hydrogen (secondary N) is 2. The van der Waals surface area contributed by atoms with Gasteiger partial charge in [0.05, 0.1) is 33.7 Å². The van der Waals surface area contributed by atoms with E-state index < -0.39 is 4.92 Å². The van der Waals surface area contributed by atoms with E-state index in [4.69, 9.17) is 4.74 Å². The van der Waals surface area contributed by atoms with Gasteiger partial charge in [-0.2, -0.15) is 0 Å². The summed E-state index contributed by atoms with van der Waals surface area (Å²) in [4.78, 5) is 32.7. The number of amides is 1. The van der Waals surface area contributed by atoms with Crippen molar-refractivity contribution < 1.29 is 14.5 Å². The molecule has 1 saturated heterocycles. The van der Waals surface area contributed by atoms with Crippen molar-refractivity contribution in [3.63, 3.8) is 0 Å². The molecule has 2 N–H and O–H groups in total. The Morgan fingerprint density at radius 2 is 2.19 bits per heavy atom. The highest BCUT2D eigenvalue weighted by Crippen LogP contribution is 2.35. The Hall–Kier alpha value is -2.89. The van der Waals surface area contributed by atoms with Gasteiger partial charge in [0, 0.05) is 29.8 Å². The number of rotatable bonds is 7. The summed E-state index contributed by atoms with van der Waals surface area (Å²) < 4.78 is 5.63. The minimum atomic E-state index is -0.435. The molecule has 3 heterocycles. The summed E-state index contributed by atoms with van der Waals surface area (Å²) in [5.41, 5.74) is 2.12. The molecule has 4 rings (SSSR count). The molecule has 0 bridgehead atoms. The van der Waals surface area contributed by atoms with Crippen molar-refractivity contribution in [3.8, 4) is 10.6 Å². The predicted octanol–water partition coefficient (Wildman–Crippen LogP) is 5.12. The molecular formula is C20H21N5O4S2. The maximum Gasteiger partial charge on any atom is 0.271 e. The van der Waals surface area contributed by atoms with E-state index in [-0.39, 0.29) is 17.7 Å². The molecule has 1 amide bonds. The number of hydrogen-bond donors (Lipinski definition) is 2. The third-order valence-corrected chi connectivity index (χ3v) is 6.63. The smallest absolute Gasteiger partial charge is 0.271 e. The number of nitro benzene ring substituents is 1. The van der Waals surface area contributed by atoms with Gasteiger partial charge < -0.3 is 15.4 Å². The maximum atomic E-state index is 12.3. The van der Waals surface area contributed by atoms with Crippen LogP contribution in [0, 0.1) is 17.0 Å². The van der Waals surface area contributed by atoms with Crippen molar-refractivity contribution in [1.82, 2.24) is 9.97 Å². The molecule has 3 aromatic rings. The van der Waals surface area contributed by atoms with E-state index in [0.29, 0.717) is 22.4 Å². The van der Waals surface area contributed by atoms with E-state index in [1.54, 1.807) is 12.1 Å². The first-order valence-corrected chi connectivity index (χ1v) is 11.5. The number of thiazole rings is 2. The number of hydrogen-bond acceptors (Lipinski definition) is 9. The van der Waals surface area contributed by atoms with E-state index in [2.05, 4.69) is 20.6 Å². The average Bonchev–Trinajstić information content (AvgIpc) is 3.35. The van der Waals surface area contributed by atoms with Crippen molar-refractivity contribution in [1.29, 1.82) is 0 Å². The molecular weight excluding hydrogens is 438 g/mol. The van der Waals surface area contributed by atoms with Crippen LogP contribution >= 0.6 is 22.7 Å². The SMILES string of the molecule is Cc1nc(NC(=O)C[C@@H]2CCCCO2)sc1-c1csc(Nc2cccc([N+](=O)[O-])c2)n1. The van der Waals surface area contributed by atoms with Gasteiger partial charge in [-0.1, -0.05) is 17.4 Å². The van der Waals surface area contributed by atoms with Crippen molar-refractivity contribution in [3.05, 3.63) is 45.5 Å². The monoisotopic (exact) mass is 459 g/mol. The number of aryl methyl sites for hydroxylation is 1. The van der Waals surface area contributed by atoms with Crippen LogP contribution in [0.15, 0.2) is 29.6 Å². The molecule has 11 heteroatoms. The van der Waals surface area contributed by atoms with Gasteiger partial charge in [-0.05, 0) is 32.3 Å². The van der Waals surface area contributed by atoms with Gasteiger partial charge in [0.2, 0.25) is 5.91 Å². The van der Waals surface area contributed by atoms with Crippen LogP contribution in [0.2, 0.25) is 0 Å². The molecule has 1 aromatic carbocycles. The van der Waals surface area contributed by atoms with E-state index in [1.165, 1.54) is 34.8 Å². The Bertz CT molecular complexity index is 1090. The Labute approximate surface area is 186 Å². The molecule has 0 spiro atoms. The first kappa shape index (κ1) is 21.3. The number of benzene rings is 1. The average molecular weight is 460 g/mol. The third-order valence-electron chi connectivity index (χ3n) is 4.78. The first-order chi connectivity index (χ1) is 15.0. The summed E-state index contributed by atoms with van der Waals surface area (Å²) in [5.74, 6) is -0.0986. The van der Waals surface area contributed by atoms with Crippen LogP contribution < -0.4 is 10.6 Å². The van der Waals surface area contributed by atoms with Gasteiger partial charge in [-0.25, -0.2) is 9.97 Å². The zero-order valence-corrected chi connectivity index (χ0v) is 18.4. The minimum Gasteiger partial charge on any atom is -0.378 e. The van der Waals surface area contributed by atoms with Crippen LogP contribution in [-0.4, -0.2) is 33.5 Å². The van der Waals surface area contributed by atoms with Gasteiger partial charge in [0.1, 0.15) is 0 Å². The van der Waals surface area contributed by atoms with Crippen LogP contribution in [0.5, 0.6) is 0 Å². The quantitative estimate of drug-likeness (QED) is 0.371. The molecule has 1 aliphatic rings. The summed E-state index contributed by atoms with van der Waals surface area (Å²) >= 11 is 2.76. The second-order valence-electron chi connectivity index (χ2n) is 7.14. The van der Waals surface area contributed by atoms with Crippen LogP contribution in [0.4, 0.5) is 21.6 Å². The van der Waals surface area contributed by atoms with Crippen LogP contribution in [0.25, 0.3) is 10.6 Å². The molecule has 1 atom stereocenters. The largest absolute Gasteiger partial charge is 0.378 e. The number of nitrogens with zero attached hydrogens (tertiary/aromatic N) is 3. The van der Waals surface area contributed by atoms with Gasteiger partial charge >= 0.3 is 0 Å². The van der Waals surface area contributed by atoms with E-state index in [1.807, 2.05) is 12.3 Å². The number of nitro groups is 1. The topological polar surface area (TPSA) is 119 Å². The van der Waals surface area contributed by atoms with Crippen molar-refractivity contribution >= 4 is 50.2 Å².